The van der Waals surface area contributed by atoms with Gasteiger partial charge in [-0.2, -0.15) is 0 Å². The van der Waals surface area contributed by atoms with Crippen LogP contribution < -0.4 is 33.2 Å². The first kappa shape index (κ1) is 30.6. The summed E-state index contributed by atoms with van der Waals surface area (Å²) < 4.78 is 0. The molecule has 0 aliphatic heterocycles. The summed E-state index contributed by atoms with van der Waals surface area (Å²) >= 11 is 0. The molecule has 0 saturated heterocycles. The zero-order valence-electron chi connectivity index (χ0n) is 21.4. The van der Waals surface area contributed by atoms with Gasteiger partial charge in [0.1, 0.15) is 23.9 Å². The van der Waals surface area contributed by atoms with Crippen molar-refractivity contribution in [1.82, 2.24) is 16.0 Å². The zero-order valence-corrected chi connectivity index (χ0v) is 21.4. The van der Waals surface area contributed by atoms with Gasteiger partial charge in [-0.3, -0.25) is 19.4 Å². The van der Waals surface area contributed by atoms with Crippen molar-refractivity contribution in [3.63, 3.8) is 0 Å². The van der Waals surface area contributed by atoms with Gasteiger partial charge in [-0.05, 0) is 36.1 Å². The Morgan fingerprint density at radius 3 is 1.87 bits per heavy atom. The summed E-state index contributed by atoms with van der Waals surface area (Å²) in [5.41, 5.74) is 17.3. The maximum atomic E-state index is 13.3. The lowest BCUT2D eigenvalue weighted by atomic mass is 10.0. The molecule has 0 bridgehead atoms. The van der Waals surface area contributed by atoms with Gasteiger partial charge < -0.3 is 43.4 Å². The molecule has 210 valence electrons. The highest BCUT2D eigenvalue weighted by Crippen LogP contribution is 2.13. The largest absolute Gasteiger partial charge is 0.508 e. The van der Waals surface area contributed by atoms with E-state index in [0.717, 1.165) is 5.56 Å². The second-order valence-electron chi connectivity index (χ2n) is 8.79. The molecule has 0 spiro atoms. The molecule has 2 aromatic rings. The van der Waals surface area contributed by atoms with Gasteiger partial charge in [0, 0.05) is 19.4 Å². The van der Waals surface area contributed by atoms with Gasteiger partial charge in [0.2, 0.25) is 17.7 Å². The van der Waals surface area contributed by atoms with E-state index in [4.69, 9.17) is 17.2 Å². The van der Waals surface area contributed by atoms with Crippen LogP contribution in [0.15, 0.2) is 59.6 Å². The van der Waals surface area contributed by atoms with Crippen LogP contribution in [0.4, 0.5) is 0 Å². The molecule has 0 aliphatic rings. The lowest BCUT2D eigenvalue weighted by Crippen LogP contribution is -2.57. The third-order valence-electron chi connectivity index (χ3n) is 5.69. The van der Waals surface area contributed by atoms with Gasteiger partial charge in [-0.15, -0.1) is 0 Å². The number of benzene rings is 2. The summed E-state index contributed by atoms with van der Waals surface area (Å²) in [5.74, 6) is -3.33. The minimum atomic E-state index is -1.26. The molecule has 3 unspecified atom stereocenters. The van der Waals surface area contributed by atoms with Crippen molar-refractivity contribution in [2.75, 3.05) is 13.1 Å². The number of hydrogen-bond donors (Lipinski definition) is 8. The molecule has 13 nitrogen and oxygen atoms in total. The molecule has 11 N–H and O–H groups in total. The number of nitrogens with zero attached hydrogens (tertiary/aromatic N) is 1. The van der Waals surface area contributed by atoms with E-state index in [1.165, 1.54) is 12.1 Å². The van der Waals surface area contributed by atoms with Gasteiger partial charge >= 0.3 is 5.97 Å². The van der Waals surface area contributed by atoms with Crippen LogP contribution in [0.1, 0.15) is 24.0 Å². The second kappa shape index (κ2) is 15.6. The minimum absolute atomic E-state index is 0.0128. The van der Waals surface area contributed by atoms with Crippen LogP contribution in [-0.4, -0.2) is 71.1 Å². The van der Waals surface area contributed by atoms with E-state index in [1.807, 2.05) is 6.07 Å². The number of nitrogens with one attached hydrogen (secondary N) is 3. The first-order chi connectivity index (χ1) is 18.6. The van der Waals surface area contributed by atoms with Crippen molar-refractivity contribution in [3.05, 3.63) is 65.7 Å². The molecule has 2 rings (SSSR count). The highest BCUT2D eigenvalue weighted by atomic mass is 16.4. The van der Waals surface area contributed by atoms with Crippen molar-refractivity contribution in [3.8, 4) is 5.75 Å². The summed E-state index contributed by atoms with van der Waals surface area (Å²) in [4.78, 5) is 54.2. The molecule has 3 amide bonds. The fourth-order valence-corrected chi connectivity index (χ4v) is 3.69. The molecule has 3 atom stereocenters. The molecule has 0 fully saturated rings. The highest BCUT2D eigenvalue weighted by Gasteiger charge is 2.29. The maximum absolute atomic E-state index is 13.3. The molecule has 0 saturated carbocycles. The van der Waals surface area contributed by atoms with E-state index in [9.17, 15) is 29.4 Å². The highest BCUT2D eigenvalue weighted by molar-refractivity contribution is 5.94. The molecule has 39 heavy (non-hydrogen) atoms. The predicted molar refractivity (Wildman–Crippen MR) is 144 cm³/mol. The van der Waals surface area contributed by atoms with Crippen LogP contribution in [0.25, 0.3) is 0 Å². The van der Waals surface area contributed by atoms with Crippen LogP contribution in [0.3, 0.4) is 0 Å². The van der Waals surface area contributed by atoms with E-state index < -0.39 is 41.8 Å². The van der Waals surface area contributed by atoms with Crippen LogP contribution in [0.5, 0.6) is 5.75 Å². The fraction of sp³-hybridized carbons (Fsp3) is 0.346. The molecule has 0 aliphatic carbocycles. The van der Waals surface area contributed by atoms with Gasteiger partial charge in [-0.1, -0.05) is 42.5 Å². The van der Waals surface area contributed by atoms with E-state index in [0.29, 0.717) is 5.56 Å². The second-order valence-corrected chi connectivity index (χ2v) is 8.79. The average molecular weight is 542 g/mol. The number of rotatable bonds is 15. The average Bonchev–Trinajstić information content (AvgIpc) is 2.90. The lowest BCUT2D eigenvalue weighted by Gasteiger charge is -2.25. The number of aliphatic carboxylic acids is 1. The third kappa shape index (κ3) is 11.1. The number of carbonyl (C=O) groups is 4. The minimum Gasteiger partial charge on any atom is -0.508 e. The van der Waals surface area contributed by atoms with Gasteiger partial charge in [0.15, 0.2) is 5.96 Å². The van der Waals surface area contributed by atoms with Crippen LogP contribution >= 0.6 is 0 Å². The number of aliphatic imine (C=N–C) groups is 1. The number of amides is 3. The van der Waals surface area contributed by atoms with E-state index in [2.05, 4.69) is 20.9 Å². The predicted octanol–water partition coefficient (Wildman–Crippen LogP) is -1.27. The van der Waals surface area contributed by atoms with E-state index >= 15 is 0 Å². The van der Waals surface area contributed by atoms with Crippen molar-refractivity contribution < 1.29 is 29.4 Å². The topological polar surface area (TPSA) is 235 Å². The zero-order chi connectivity index (χ0) is 28.8. The summed E-state index contributed by atoms with van der Waals surface area (Å²) in [6.07, 6.45) is 0.449. The quantitative estimate of drug-likeness (QED) is 0.0761. The van der Waals surface area contributed by atoms with Crippen molar-refractivity contribution in [2.45, 2.75) is 43.8 Å². The summed E-state index contributed by atoms with van der Waals surface area (Å²) in [7, 11) is 0. The lowest BCUT2D eigenvalue weighted by molar-refractivity contribution is -0.142. The number of hydrogen-bond acceptors (Lipinski definition) is 7. The number of carboxylic acids is 1. The van der Waals surface area contributed by atoms with Crippen molar-refractivity contribution in [1.29, 1.82) is 0 Å². The number of guanidine groups is 1. The molecule has 13 heteroatoms. The Labute approximate surface area is 225 Å². The third-order valence-corrected chi connectivity index (χ3v) is 5.69. The maximum Gasteiger partial charge on any atom is 0.326 e. The molecule has 0 radical (unpaired) electrons. The smallest absolute Gasteiger partial charge is 0.326 e. The van der Waals surface area contributed by atoms with E-state index in [1.54, 1.807) is 36.4 Å². The van der Waals surface area contributed by atoms with Crippen LogP contribution in [0.2, 0.25) is 0 Å². The Morgan fingerprint density at radius 1 is 0.795 bits per heavy atom. The monoisotopic (exact) mass is 541 g/mol. The van der Waals surface area contributed by atoms with Gasteiger partial charge in [0.05, 0.1) is 6.54 Å². The Kier molecular flexibility index (Phi) is 12.2. The van der Waals surface area contributed by atoms with E-state index in [-0.39, 0.29) is 50.5 Å². The number of phenols is 1. The fourth-order valence-electron chi connectivity index (χ4n) is 3.69. The summed E-state index contributed by atoms with van der Waals surface area (Å²) in [5, 5.41) is 26.9. The number of carboxylic acid groups (broad SMARTS) is 1. The number of aromatic hydroxyl groups is 1. The molecule has 0 aromatic heterocycles. The van der Waals surface area contributed by atoms with Crippen molar-refractivity contribution >= 4 is 29.7 Å². The molecular formula is C26H35N7O6. The number of phenolic OH excluding ortho intramolecular Hbond substituents is 1. The Hall–Kier alpha value is -4.65. The van der Waals surface area contributed by atoms with Crippen molar-refractivity contribution in [2.24, 2.45) is 22.2 Å². The van der Waals surface area contributed by atoms with Crippen LogP contribution in [0, 0.1) is 0 Å². The number of carbonyl (C=O) groups excluding carboxylic acids is 3. The molecular weight excluding hydrogens is 506 g/mol. The Bertz CT molecular complexity index is 1140. The summed E-state index contributed by atoms with van der Waals surface area (Å²) in [6, 6.07) is 11.4. The Balaban J connectivity index is 2.24. The van der Waals surface area contributed by atoms with Gasteiger partial charge in [-0.25, -0.2) is 4.79 Å². The molecule has 0 heterocycles. The Morgan fingerprint density at radius 2 is 1.33 bits per heavy atom. The first-order valence-electron chi connectivity index (χ1n) is 12.3. The summed E-state index contributed by atoms with van der Waals surface area (Å²) in [6.45, 7) is -0.159. The van der Waals surface area contributed by atoms with Crippen LogP contribution in [-0.2, 0) is 32.0 Å². The first-order valence-corrected chi connectivity index (χ1v) is 12.3. The SMILES string of the molecule is NCC(=O)NC(Cc1ccccc1)C(=O)NC(Cc1ccc(O)cc1)C(=O)NC(CCCN=C(N)N)C(=O)O. The van der Waals surface area contributed by atoms with Gasteiger partial charge in [0.25, 0.3) is 0 Å². The number of nitrogens with two attached hydrogens (primary N) is 3. The normalized spacial score (nSPS) is 12.8. The standard InChI is InChI=1S/C26H35N7O6/c27-15-22(35)31-20(13-16-5-2-1-3-6-16)23(36)33-21(14-17-8-10-18(34)11-9-17)24(37)32-19(25(38)39)7-4-12-30-26(28)29/h1-3,5-6,8-11,19-21,34H,4,7,12-15,27H2,(H,31,35)(H,32,37)(H,33,36)(H,38,39)(H4,28,29,30). The molecule has 2 aromatic carbocycles.